The SMILES string of the molecule is C=C(C)C[C@@H](N)C(=O)N1C[C@@H](C(=O)N[C@H](Cc2ccccc2)C(=O)NC)[C@H](c2cccc(C(F)(F)F)c2)C1. The van der Waals surface area contributed by atoms with Crippen molar-refractivity contribution in [2.75, 3.05) is 20.1 Å². The summed E-state index contributed by atoms with van der Waals surface area (Å²) in [5, 5.41) is 5.31. The van der Waals surface area contributed by atoms with Gasteiger partial charge in [0.2, 0.25) is 17.7 Å². The maximum absolute atomic E-state index is 13.6. The van der Waals surface area contributed by atoms with Gasteiger partial charge in [-0.2, -0.15) is 13.2 Å². The molecule has 0 unspecified atom stereocenters. The number of nitrogens with two attached hydrogens (primary N) is 1. The lowest BCUT2D eigenvalue weighted by Gasteiger charge is -2.23. The molecular weight excluding hydrogens is 497 g/mol. The average molecular weight is 531 g/mol. The van der Waals surface area contributed by atoms with E-state index < -0.39 is 53.4 Å². The summed E-state index contributed by atoms with van der Waals surface area (Å²) in [6, 6.07) is 12.1. The van der Waals surface area contributed by atoms with E-state index in [0.717, 1.165) is 17.7 Å². The maximum Gasteiger partial charge on any atom is 0.416 e. The van der Waals surface area contributed by atoms with Crippen molar-refractivity contribution >= 4 is 17.7 Å². The molecule has 10 heteroatoms. The molecule has 1 fully saturated rings. The van der Waals surface area contributed by atoms with Gasteiger partial charge in [-0.05, 0) is 30.5 Å². The fourth-order valence-electron chi connectivity index (χ4n) is 4.74. The third-order valence-corrected chi connectivity index (χ3v) is 6.66. The Balaban J connectivity index is 1.90. The zero-order valence-electron chi connectivity index (χ0n) is 21.4. The second-order valence-electron chi connectivity index (χ2n) is 9.71. The zero-order chi connectivity index (χ0) is 28.0. The third-order valence-electron chi connectivity index (χ3n) is 6.66. The van der Waals surface area contributed by atoms with Crippen LogP contribution in [-0.4, -0.2) is 54.8 Å². The molecule has 1 heterocycles. The summed E-state index contributed by atoms with van der Waals surface area (Å²) in [4.78, 5) is 40.6. The molecule has 2 aromatic rings. The first-order valence-corrected chi connectivity index (χ1v) is 12.3. The number of nitrogens with zero attached hydrogens (tertiary/aromatic N) is 1. The summed E-state index contributed by atoms with van der Waals surface area (Å²) < 4.78 is 40.3. The Hall–Kier alpha value is -3.66. The second-order valence-corrected chi connectivity index (χ2v) is 9.71. The van der Waals surface area contributed by atoms with Gasteiger partial charge in [-0.15, -0.1) is 6.58 Å². The lowest BCUT2D eigenvalue weighted by Crippen LogP contribution is -2.50. The van der Waals surface area contributed by atoms with E-state index >= 15 is 0 Å². The number of nitrogens with one attached hydrogen (secondary N) is 2. The summed E-state index contributed by atoms with van der Waals surface area (Å²) in [5.41, 5.74) is 7.03. The number of benzene rings is 2. The Bertz CT molecular complexity index is 1170. The van der Waals surface area contributed by atoms with E-state index in [1.54, 1.807) is 6.92 Å². The summed E-state index contributed by atoms with van der Waals surface area (Å²) in [6.45, 7) is 5.49. The van der Waals surface area contributed by atoms with Crippen LogP contribution >= 0.6 is 0 Å². The number of hydrogen-bond acceptors (Lipinski definition) is 4. The van der Waals surface area contributed by atoms with Gasteiger partial charge in [-0.1, -0.05) is 54.1 Å². The quantitative estimate of drug-likeness (QED) is 0.434. The van der Waals surface area contributed by atoms with E-state index in [0.29, 0.717) is 5.57 Å². The minimum absolute atomic E-state index is 0.0193. The van der Waals surface area contributed by atoms with Crippen LogP contribution in [0.15, 0.2) is 66.7 Å². The van der Waals surface area contributed by atoms with Crippen LogP contribution in [0.4, 0.5) is 13.2 Å². The van der Waals surface area contributed by atoms with E-state index in [1.165, 1.54) is 24.1 Å². The van der Waals surface area contributed by atoms with Crippen molar-refractivity contribution in [1.82, 2.24) is 15.5 Å². The molecule has 1 aliphatic heterocycles. The van der Waals surface area contributed by atoms with Gasteiger partial charge in [-0.3, -0.25) is 14.4 Å². The van der Waals surface area contributed by atoms with Gasteiger partial charge in [0.05, 0.1) is 17.5 Å². The number of halogens is 3. The standard InChI is InChI=1S/C28H33F3N4O3/c1-17(2)12-23(32)27(38)35-15-21(19-10-7-11-20(14-19)28(29,30)31)22(16-35)25(36)34-24(26(37)33-3)13-18-8-5-4-6-9-18/h4-11,14,21-24H,1,12-13,15-16,32H2,2-3H3,(H,33,37)(H,34,36)/t21-,22+,23+,24+/m0/s1. The molecule has 38 heavy (non-hydrogen) atoms. The molecule has 0 radical (unpaired) electrons. The molecule has 2 aromatic carbocycles. The van der Waals surface area contributed by atoms with Crippen molar-refractivity contribution < 1.29 is 27.6 Å². The van der Waals surface area contributed by atoms with Gasteiger partial charge in [0.15, 0.2) is 0 Å². The fourth-order valence-corrected chi connectivity index (χ4v) is 4.74. The summed E-state index contributed by atoms with van der Waals surface area (Å²) in [5.74, 6) is -2.96. The Morgan fingerprint density at radius 3 is 2.39 bits per heavy atom. The molecule has 1 aliphatic rings. The van der Waals surface area contributed by atoms with Gasteiger partial charge in [-0.25, -0.2) is 0 Å². The van der Waals surface area contributed by atoms with Crippen molar-refractivity contribution in [2.45, 2.75) is 43.9 Å². The zero-order valence-corrected chi connectivity index (χ0v) is 21.4. The lowest BCUT2D eigenvalue weighted by atomic mass is 9.87. The smallest absolute Gasteiger partial charge is 0.357 e. The first-order chi connectivity index (χ1) is 17.9. The molecule has 0 spiro atoms. The van der Waals surface area contributed by atoms with E-state index in [1.807, 2.05) is 30.3 Å². The fraction of sp³-hybridized carbons (Fsp3) is 0.393. The molecular formula is C28H33F3N4O3. The van der Waals surface area contributed by atoms with E-state index in [4.69, 9.17) is 5.73 Å². The van der Waals surface area contributed by atoms with Crippen LogP contribution in [0.5, 0.6) is 0 Å². The third kappa shape index (κ3) is 7.22. The largest absolute Gasteiger partial charge is 0.416 e. The van der Waals surface area contributed by atoms with Crippen LogP contribution < -0.4 is 16.4 Å². The molecule has 3 amide bonds. The lowest BCUT2D eigenvalue weighted by molar-refractivity contribution is -0.137. The van der Waals surface area contributed by atoms with E-state index in [-0.39, 0.29) is 31.5 Å². The monoisotopic (exact) mass is 530 g/mol. The van der Waals surface area contributed by atoms with Gasteiger partial charge in [0, 0.05) is 32.5 Å². The van der Waals surface area contributed by atoms with E-state index in [9.17, 15) is 27.6 Å². The van der Waals surface area contributed by atoms with Crippen LogP contribution in [0.3, 0.4) is 0 Å². The first kappa shape index (κ1) is 28.9. The highest BCUT2D eigenvalue weighted by Crippen LogP contribution is 2.37. The van der Waals surface area contributed by atoms with Crippen LogP contribution in [0.25, 0.3) is 0 Å². The summed E-state index contributed by atoms with van der Waals surface area (Å²) >= 11 is 0. The highest BCUT2D eigenvalue weighted by atomic mass is 19.4. The molecule has 4 atom stereocenters. The Kier molecular flexibility index (Phi) is 9.32. The van der Waals surface area contributed by atoms with Crippen molar-refractivity contribution in [3.63, 3.8) is 0 Å². The molecule has 0 aliphatic carbocycles. The minimum Gasteiger partial charge on any atom is -0.357 e. The molecule has 4 N–H and O–H groups in total. The van der Waals surface area contributed by atoms with Crippen LogP contribution in [0.2, 0.25) is 0 Å². The molecule has 1 saturated heterocycles. The number of amides is 3. The number of rotatable bonds is 9. The minimum atomic E-state index is -4.56. The predicted molar refractivity (Wildman–Crippen MR) is 138 cm³/mol. The molecule has 0 saturated carbocycles. The molecule has 0 bridgehead atoms. The molecule has 7 nitrogen and oxygen atoms in total. The van der Waals surface area contributed by atoms with Gasteiger partial charge in [0.25, 0.3) is 0 Å². The van der Waals surface area contributed by atoms with Crippen molar-refractivity contribution in [3.05, 3.63) is 83.4 Å². The second kappa shape index (κ2) is 12.3. The number of carbonyl (C=O) groups excluding carboxylic acids is 3. The number of likely N-dealkylation sites (N-methyl/N-ethyl adjacent to an activating group) is 1. The average Bonchev–Trinajstić information content (AvgIpc) is 3.33. The van der Waals surface area contributed by atoms with Crippen LogP contribution in [0.1, 0.15) is 36.0 Å². The normalized spacial score (nSPS) is 18.9. The topological polar surface area (TPSA) is 105 Å². The Morgan fingerprint density at radius 1 is 1.11 bits per heavy atom. The number of alkyl halides is 3. The van der Waals surface area contributed by atoms with Gasteiger partial charge in [0.1, 0.15) is 6.04 Å². The van der Waals surface area contributed by atoms with Crippen LogP contribution in [-0.2, 0) is 27.0 Å². The number of hydrogen-bond donors (Lipinski definition) is 3. The maximum atomic E-state index is 13.6. The molecule has 0 aromatic heterocycles. The summed E-state index contributed by atoms with van der Waals surface area (Å²) in [7, 11) is 1.46. The number of likely N-dealkylation sites (tertiary alicyclic amines) is 1. The van der Waals surface area contributed by atoms with Gasteiger partial charge < -0.3 is 21.3 Å². The first-order valence-electron chi connectivity index (χ1n) is 12.3. The predicted octanol–water partition coefficient (Wildman–Crippen LogP) is 3.01. The highest BCUT2D eigenvalue weighted by Gasteiger charge is 2.43. The van der Waals surface area contributed by atoms with Crippen molar-refractivity contribution in [2.24, 2.45) is 11.7 Å². The van der Waals surface area contributed by atoms with Crippen molar-refractivity contribution in [3.8, 4) is 0 Å². The highest BCUT2D eigenvalue weighted by molar-refractivity contribution is 5.90. The summed E-state index contributed by atoms with van der Waals surface area (Å²) in [6.07, 6.45) is -4.10. The van der Waals surface area contributed by atoms with Crippen LogP contribution in [0, 0.1) is 5.92 Å². The van der Waals surface area contributed by atoms with Crippen molar-refractivity contribution in [1.29, 1.82) is 0 Å². The van der Waals surface area contributed by atoms with Gasteiger partial charge >= 0.3 is 6.18 Å². The Morgan fingerprint density at radius 2 is 1.79 bits per heavy atom. The van der Waals surface area contributed by atoms with E-state index in [2.05, 4.69) is 17.2 Å². The molecule has 204 valence electrons. The molecule has 3 rings (SSSR count). The Labute approximate surface area is 220 Å². The number of carbonyl (C=O) groups is 3.